The van der Waals surface area contributed by atoms with Gasteiger partial charge in [0, 0.05) is 36.4 Å². The number of pyridine rings is 1. The quantitative estimate of drug-likeness (QED) is 0.771. The van der Waals surface area contributed by atoms with Gasteiger partial charge >= 0.3 is 0 Å². The highest BCUT2D eigenvalue weighted by atomic mass is 14.9. The average molecular weight is 215 g/mol. The molecule has 1 saturated heterocycles. The van der Waals surface area contributed by atoms with Crippen molar-refractivity contribution in [3.8, 4) is 0 Å². The third-order valence-corrected chi connectivity index (χ3v) is 3.50. The van der Waals surface area contributed by atoms with E-state index in [9.17, 15) is 0 Å². The summed E-state index contributed by atoms with van der Waals surface area (Å²) in [6.07, 6.45) is 5.41. The van der Waals surface area contributed by atoms with Gasteiger partial charge in [-0.1, -0.05) is 0 Å². The number of piperidine rings is 1. The zero-order chi connectivity index (χ0) is 10.8. The topological polar surface area (TPSA) is 37.3 Å². The summed E-state index contributed by atoms with van der Waals surface area (Å²) >= 11 is 0. The van der Waals surface area contributed by atoms with Crippen molar-refractivity contribution >= 4 is 6.21 Å². The fourth-order valence-corrected chi connectivity index (χ4v) is 2.53. The van der Waals surface area contributed by atoms with Crippen LogP contribution in [0.15, 0.2) is 17.1 Å². The van der Waals surface area contributed by atoms with Crippen molar-refractivity contribution in [3.63, 3.8) is 0 Å². The second kappa shape index (κ2) is 4.34. The summed E-state index contributed by atoms with van der Waals surface area (Å²) in [6.45, 7) is 3.16. The molecule has 1 aromatic heterocycles. The van der Waals surface area contributed by atoms with Crippen LogP contribution in [0.5, 0.6) is 0 Å². The Morgan fingerprint density at radius 2 is 2.06 bits per heavy atom. The normalized spacial score (nSPS) is 20.8. The highest BCUT2D eigenvalue weighted by Gasteiger charge is 2.18. The number of fused-ring (bicyclic) bond motifs is 1. The first-order valence-corrected chi connectivity index (χ1v) is 6.14. The molecule has 0 spiro atoms. The van der Waals surface area contributed by atoms with Gasteiger partial charge in [-0.3, -0.25) is 9.98 Å². The molecule has 0 saturated carbocycles. The zero-order valence-corrected chi connectivity index (χ0v) is 9.45. The third-order valence-electron chi connectivity index (χ3n) is 3.50. The monoisotopic (exact) mass is 215 g/mol. The van der Waals surface area contributed by atoms with Gasteiger partial charge in [0.25, 0.3) is 0 Å². The second-order valence-corrected chi connectivity index (χ2v) is 4.58. The molecule has 1 N–H and O–H groups in total. The van der Waals surface area contributed by atoms with E-state index < -0.39 is 0 Å². The fourth-order valence-electron chi connectivity index (χ4n) is 2.53. The fraction of sp³-hybridized carbons (Fsp3) is 0.538. The summed E-state index contributed by atoms with van der Waals surface area (Å²) in [4.78, 5) is 9.10. The molecule has 3 nitrogen and oxygen atoms in total. The van der Waals surface area contributed by atoms with Crippen LogP contribution in [0, 0.1) is 0 Å². The first-order valence-electron chi connectivity index (χ1n) is 6.14. The smallest absolute Gasteiger partial charge is 0.0513 e. The number of aliphatic imine (C=N–C) groups is 1. The van der Waals surface area contributed by atoms with Crippen LogP contribution < -0.4 is 5.32 Å². The lowest BCUT2D eigenvalue weighted by Gasteiger charge is -2.23. The molecule has 16 heavy (non-hydrogen) atoms. The minimum Gasteiger partial charge on any atom is -0.317 e. The molecule has 2 aliphatic rings. The Kier molecular flexibility index (Phi) is 2.70. The molecule has 3 heterocycles. The van der Waals surface area contributed by atoms with Crippen LogP contribution in [0.25, 0.3) is 0 Å². The van der Waals surface area contributed by atoms with Gasteiger partial charge in [0.1, 0.15) is 0 Å². The molecular formula is C13H17N3. The first kappa shape index (κ1) is 9.97. The Hall–Kier alpha value is -1.22. The molecule has 0 bridgehead atoms. The third kappa shape index (κ3) is 1.87. The van der Waals surface area contributed by atoms with Gasteiger partial charge in [-0.2, -0.15) is 0 Å². The van der Waals surface area contributed by atoms with E-state index in [2.05, 4.69) is 22.4 Å². The molecule has 0 aromatic carbocycles. The largest absolute Gasteiger partial charge is 0.317 e. The van der Waals surface area contributed by atoms with Crippen molar-refractivity contribution in [2.24, 2.45) is 4.99 Å². The van der Waals surface area contributed by atoms with E-state index in [1.165, 1.54) is 29.8 Å². The van der Waals surface area contributed by atoms with Crippen LogP contribution in [0.2, 0.25) is 0 Å². The minimum absolute atomic E-state index is 0.658. The van der Waals surface area contributed by atoms with Gasteiger partial charge in [-0.25, -0.2) is 0 Å². The molecule has 0 aliphatic carbocycles. The maximum Gasteiger partial charge on any atom is 0.0513 e. The summed E-state index contributed by atoms with van der Waals surface area (Å²) in [5.41, 5.74) is 3.74. The Morgan fingerprint density at radius 3 is 2.94 bits per heavy atom. The van der Waals surface area contributed by atoms with E-state index in [1.54, 1.807) is 0 Å². The molecule has 2 aliphatic heterocycles. The average Bonchev–Trinajstić information content (AvgIpc) is 2.39. The summed E-state index contributed by atoms with van der Waals surface area (Å²) < 4.78 is 0. The molecule has 3 heteroatoms. The Balaban J connectivity index is 1.87. The molecular weight excluding hydrogens is 198 g/mol. The van der Waals surface area contributed by atoms with Gasteiger partial charge in [-0.15, -0.1) is 0 Å². The number of nitrogens with one attached hydrogen (secondary N) is 1. The molecule has 0 radical (unpaired) electrons. The van der Waals surface area contributed by atoms with E-state index >= 15 is 0 Å². The van der Waals surface area contributed by atoms with Gasteiger partial charge in [0.15, 0.2) is 0 Å². The van der Waals surface area contributed by atoms with E-state index in [0.29, 0.717) is 5.92 Å². The lowest BCUT2D eigenvalue weighted by molar-refractivity contribution is 0.452. The van der Waals surface area contributed by atoms with Gasteiger partial charge in [0.05, 0.1) is 5.69 Å². The van der Waals surface area contributed by atoms with Crippen molar-refractivity contribution in [2.75, 3.05) is 19.6 Å². The summed E-state index contributed by atoms with van der Waals surface area (Å²) in [5.74, 6) is 0.658. The highest BCUT2D eigenvalue weighted by molar-refractivity contribution is 5.82. The standard InChI is InChI=1S/C13H17N3/c1-2-12(10-3-6-14-7-4-10)16-13-5-8-15-9-11(1)13/h1-2,9-10,14H,3-8H2. The molecule has 3 rings (SSSR count). The number of aromatic nitrogens is 1. The molecule has 84 valence electrons. The van der Waals surface area contributed by atoms with Crippen molar-refractivity contribution in [1.82, 2.24) is 10.3 Å². The molecule has 0 atom stereocenters. The highest BCUT2D eigenvalue weighted by Crippen LogP contribution is 2.24. The van der Waals surface area contributed by atoms with Gasteiger partial charge in [0.2, 0.25) is 0 Å². The zero-order valence-electron chi connectivity index (χ0n) is 9.45. The maximum absolute atomic E-state index is 4.82. The van der Waals surface area contributed by atoms with Crippen LogP contribution in [-0.2, 0) is 6.42 Å². The van der Waals surface area contributed by atoms with Crippen LogP contribution in [0.4, 0.5) is 0 Å². The number of rotatable bonds is 1. The number of hydrogen-bond donors (Lipinski definition) is 1. The summed E-state index contributed by atoms with van der Waals surface area (Å²) in [6, 6.07) is 4.37. The minimum atomic E-state index is 0.658. The number of nitrogens with zero attached hydrogens (tertiary/aromatic N) is 2. The van der Waals surface area contributed by atoms with Crippen LogP contribution in [-0.4, -0.2) is 30.8 Å². The van der Waals surface area contributed by atoms with E-state index in [4.69, 9.17) is 4.98 Å². The molecule has 0 unspecified atom stereocenters. The van der Waals surface area contributed by atoms with Crippen LogP contribution >= 0.6 is 0 Å². The number of hydrogen-bond acceptors (Lipinski definition) is 3. The molecule has 0 amide bonds. The van der Waals surface area contributed by atoms with E-state index in [0.717, 1.165) is 26.1 Å². The van der Waals surface area contributed by atoms with Crippen molar-refractivity contribution in [3.05, 3.63) is 29.1 Å². The Morgan fingerprint density at radius 1 is 1.19 bits per heavy atom. The Labute approximate surface area is 96.0 Å². The predicted molar refractivity (Wildman–Crippen MR) is 65.2 cm³/mol. The SMILES string of the molecule is C1=NCCc2nc(C3CCNCC3)ccc21. The van der Waals surface area contributed by atoms with E-state index in [1.807, 2.05) is 6.21 Å². The van der Waals surface area contributed by atoms with Crippen molar-refractivity contribution in [2.45, 2.75) is 25.2 Å². The maximum atomic E-state index is 4.82. The van der Waals surface area contributed by atoms with Crippen LogP contribution in [0.3, 0.4) is 0 Å². The first-order chi connectivity index (χ1) is 7.93. The molecule has 1 fully saturated rings. The van der Waals surface area contributed by atoms with Crippen molar-refractivity contribution < 1.29 is 0 Å². The summed E-state index contributed by atoms with van der Waals surface area (Å²) in [7, 11) is 0. The summed E-state index contributed by atoms with van der Waals surface area (Å²) in [5, 5.41) is 3.40. The van der Waals surface area contributed by atoms with Gasteiger partial charge in [-0.05, 0) is 38.1 Å². The molecule has 1 aromatic rings. The van der Waals surface area contributed by atoms with E-state index in [-0.39, 0.29) is 0 Å². The Bertz CT molecular complexity index is 406. The predicted octanol–water partition coefficient (Wildman–Crippen LogP) is 1.52. The van der Waals surface area contributed by atoms with Crippen LogP contribution in [0.1, 0.15) is 35.7 Å². The second-order valence-electron chi connectivity index (χ2n) is 4.58. The van der Waals surface area contributed by atoms with Gasteiger partial charge < -0.3 is 5.32 Å². The lowest BCUT2D eigenvalue weighted by Crippen LogP contribution is -2.27. The lowest BCUT2D eigenvalue weighted by atomic mass is 9.93. The van der Waals surface area contributed by atoms with Crippen molar-refractivity contribution in [1.29, 1.82) is 0 Å².